The molecule has 1 heterocycles. The highest BCUT2D eigenvalue weighted by molar-refractivity contribution is 5.92. The molecule has 0 bridgehead atoms. The van der Waals surface area contributed by atoms with Crippen LogP contribution in [0.15, 0.2) is 18.2 Å². The Morgan fingerprint density at radius 1 is 1.33 bits per heavy atom. The highest BCUT2D eigenvalue weighted by Gasteiger charge is 2.18. The standard InChI is InChI=1S/C10H12N2O.C2H6/c1-7-3-4-9-8(5-7)6-12(2)10(13)11-9;1-2/h3-5H,6H2,1-2H3,(H,11,13);1-2H3. The molecule has 3 nitrogen and oxygen atoms in total. The average molecular weight is 206 g/mol. The van der Waals surface area contributed by atoms with Crippen LogP contribution in [0.25, 0.3) is 0 Å². The van der Waals surface area contributed by atoms with Crippen LogP contribution in [-0.4, -0.2) is 18.0 Å². The number of anilines is 1. The third-order valence-corrected chi connectivity index (χ3v) is 2.26. The van der Waals surface area contributed by atoms with E-state index < -0.39 is 0 Å². The second-order valence-corrected chi connectivity index (χ2v) is 3.45. The van der Waals surface area contributed by atoms with E-state index in [2.05, 4.69) is 18.3 Å². The summed E-state index contributed by atoms with van der Waals surface area (Å²) in [4.78, 5) is 12.9. The first-order chi connectivity index (χ1) is 7.16. The lowest BCUT2D eigenvalue weighted by atomic mass is 10.1. The normalized spacial score (nSPS) is 13.6. The summed E-state index contributed by atoms with van der Waals surface area (Å²) in [5.41, 5.74) is 3.35. The fraction of sp³-hybridized carbons (Fsp3) is 0.417. The maximum absolute atomic E-state index is 11.3. The summed E-state index contributed by atoms with van der Waals surface area (Å²) < 4.78 is 0. The molecule has 0 spiro atoms. The predicted octanol–water partition coefficient (Wildman–Crippen LogP) is 3.00. The average Bonchev–Trinajstić information content (AvgIpc) is 2.23. The van der Waals surface area contributed by atoms with E-state index in [4.69, 9.17) is 0 Å². The number of aryl methyl sites for hydroxylation is 1. The molecular formula is C12H18N2O. The van der Waals surface area contributed by atoms with Gasteiger partial charge in [0.15, 0.2) is 0 Å². The Hall–Kier alpha value is -1.51. The fourth-order valence-corrected chi connectivity index (χ4v) is 1.51. The zero-order chi connectivity index (χ0) is 11.4. The van der Waals surface area contributed by atoms with Gasteiger partial charge in [0.1, 0.15) is 0 Å². The van der Waals surface area contributed by atoms with Crippen molar-refractivity contribution in [2.24, 2.45) is 0 Å². The van der Waals surface area contributed by atoms with E-state index in [1.165, 1.54) is 11.1 Å². The van der Waals surface area contributed by atoms with E-state index >= 15 is 0 Å². The van der Waals surface area contributed by atoms with Gasteiger partial charge in [-0.25, -0.2) is 4.79 Å². The van der Waals surface area contributed by atoms with Crippen molar-refractivity contribution in [3.05, 3.63) is 29.3 Å². The number of fused-ring (bicyclic) bond motifs is 1. The zero-order valence-electron chi connectivity index (χ0n) is 9.79. The van der Waals surface area contributed by atoms with Gasteiger partial charge in [0.05, 0.1) is 0 Å². The Morgan fingerprint density at radius 2 is 2.00 bits per heavy atom. The highest BCUT2D eigenvalue weighted by Crippen LogP contribution is 2.22. The Labute approximate surface area is 91.1 Å². The molecule has 0 aromatic heterocycles. The van der Waals surface area contributed by atoms with Gasteiger partial charge in [-0.1, -0.05) is 31.5 Å². The zero-order valence-corrected chi connectivity index (χ0v) is 9.79. The van der Waals surface area contributed by atoms with Crippen molar-refractivity contribution in [1.29, 1.82) is 0 Å². The molecule has 0 saturated carbocycles. The molecule has 1 N–H and O–H groups in total. The lowest BCUT2D eigenvalue weighted by molar-refractivity contribution is 0.218. The van der Waals surface area contributed by atoms with Crippen LogP contribution < -0.4 is 5.32 Å². The van der Waals surface area contributed by atoms with Crippen molar-refractivity contribution in [3.63, 3.8) is 0 Å². The molecule has 0 unspecified atom stereocenters. The van der Waals surface area contributed by atoms with Gasteiger partial charge in [-0.05, 0) is 18.6 Å². The van der Waals surface area contributed by atoms with Crippen molar-refractivity contribution in [2.45, 2.75) is 27.3 Å². The van der Waals surface area contributed by atoms with E-state index in [0.717, 1.165) is 5.69 Å². The Balaban J connectivity index is 0.000000531. The first-order valence-electron chi connectivity index (χ1n) is 5.28. The van der Waals surface area contributed by atoms with E-state index in [9.17, 15) is 4.79 Å². The molecular weight excluding hydrogens is 188 g/mol. The van der Waals surface area contributed by atoms with Crippen LogP contribution in [0, 0.1) is 6.92 Å². The number of hydrogen-bond acceptors (Lipinski definition) is 1. The van der Waals surface area contributed by atoms with E-state index in [0.29, 0.717) is 6.54 Å². The van der Waals surface area contributed by atoms with Gasteiger partial charge in [0.25, 0.3) is 0 Å². The first kappa shape index (κ1) is 11.6. The summed E-state index contributed by atoms with van der Waals surface area (Å²) in [6.07, 6.45) is 0. The van der Waals surface area contributed by atoms with Crippen molar-refractivity contribution in [1.82, 2.24) is 4.90 Å². The van der Waals surface area contributed by atoms with Crippen LogP contribution in [0.1, 0.15) is 25.0 Å². The first-order valence-corrected chi connectivity index (χ1v) is 5.28. The molecule has 0 saturated heterocycles. The second-order valence-electron chi connectivity index (χ2n) is 3.45. The van der Waals surface area contributed by atoms with Crippen LogP contribution in [0.2, 0.25) is 0 Å². The van der Waals surface area contributed by atoms with Crippen molar-refractivity contribution in [2.75, 3.05) is 12.4 Å². The van der Waals surface area contributed by atoms with Gasteiger partial charge in [0, 0.05) is 19.3 Å². The lowest BCUT2D eigenvalue weighted by Gasteiger charge is -2.26. The number of carbonyl (C=O) groups excluding carboxylic acids is 1. The largest absolute Gasteiger partial charge is 0.323 e. The Morgan fingerprint density at radius 3 is 2.67 bits per heavy atom. The SMILES string of the molecule is CC.Cc1ccc2c(c1)CN(C)C(=O)N2. The molecule has 3 heteroatoms. The molecule has 2 amide bonds. The number of benzene rings is 1. The topological polar surface area (TPSA) is 32.3 Å². The predicted molar refractivity (Wildman–Crippen MR) is 63.0 cm³/mol. The summed E-state index contributed by atoms with van der Waals surface area (Å²) in [5, 5.41) is 2.82. The summed E-state index contributed by atoms with van der Waals surface area (Å²) in [6.45, 7) is 6.75. The van der Waals surface area contributed by atoms with Gasteiger partial charge in [-0.2, -0.15) is 0 Å². The van der Waals surface area contributed by atoms with E-state index in [1.807, 2.05) is 26.0 Å². The molecule has 2 rings (SSSR count). The van der Waals surface area contributed by atoms with Gasteiger partial charge < -0.3 is 10.2 Å². The number of nitrogens with one attached hydrogen (secondary N) is 1. The maximum Gasteiger partial charge on any atom is 0.321 e. The van der Waals surface area contributed by atoms with Crippen LogP contribution in [0.5, 0.6) is 0 Å². The van der Waals surface area contributed by atoms with Crippen LogP contribution in [0.4, 0.5) is 10.5 Å². The summed E-state index contributed by atoms with van der Waals surface area (Å²) in [6, 6.07) is 6.03. The molecule has 1 aliphatic rings. The molecule has 0 atom stereocenters. The Bertz CT molecular complexity index is 361. The molecule has 0 aliphatic carbocycles. The third kappa shape index (κ3) is 2.49. The molecule has 1 aromatic carbocycles. The number of carbonyl (C=O) groups is 1. The fourth-order valence-electron chi connectivity index (χ4n) is 1.51. The minimum absolute atomic E-state index is 0.0312. The molecule has 82 valence electrons. The molecule has 15 heavy (non-hydrogen) atoms. The van der Waals surface area contributed by atoms with Gasteiger partial charge in [-0.15, -0.1) is 0 Å². The summed E-state index contributed by atoms with van der Waals surface area (Å²) in [5.74, 6) is 0. The van der Waals surface area contributed by atoms with Crippen molar-refractivity contribution < 1.29 is 4.79 Å². The van der Waals surface area contributed by atoms with Crippen molar-refractivity contribution >= 4 is 11.7 Å². The monoisotopic (exact) mass is 206 g/mol. The number of urea groups is 1. The molecule has 0 fully saturated rings. The number of rotatable bonds is 0. The van der Waals surface area contributed by atoms with Gasteiger partial charge in [-0.3, -0.25) is 0 Å². The molecule has 0 radical (unpaired) electrons. The smallest absolute Gasteiger partial charge is 0.321 e. The number of nitrogens with zero attached hydrogens (tertiary/aromatic N) is 1. The Kier molecular flexibility index (Phi) is 3.72. The second kappa shape index (κ2) is 4.82. The van der Waals surface area contributed by atoms with Crippen LogP contribution in [0.3, 0.4) is 0 Å². The number of amides is 2. The third-order valence-electron chi connectivity index (χ3n) is 2.26. The van der Waals surface area contributed by atoms with Gasteiger partial charge in [0.2, 0.25) is 0 Å². The lowest BCUT2D eigenvalue weighted by Crippen LogP contribution is -2.35. The van der Waals surface area contributed by atoms with E-state index in [1.54, 1.807) is 11.9 Å². The summed E-state index contributed by atoms with van der Waals surface area (Å²) >= 11 is 0. The quantitative estimate of drug-likeness (QED) is 0.695. The van der Waals surface area contributed by atoms with Crippen LogP contribution >= 0.6 is 0 Å². The minimum atomic E-state index is -0.0312. The minimum Gasteiger partial charge on any atom is -0.323 e. The number of hydrogen-bond donors (Lipinski definition) is 1. The highest BCUT2D eigenvalue weighted by atomic mass is 16.2. The van der Waals surface area contributed by atoms with E-state index in [-0.39, 0.29) is 6.03 Å². The van der Waals surface area contributed by atoms with Gasteiger partial charge >= 0.3 is 6.03 Å². The maximum atomic E-state index is 11.3. The molecule has 1 aromatic rings. The summed E-state index contributed by atoms with van der Waals surface area (Å²) in [7, 11) is 1.79. The van der Waals surface area contributed by atoms with Crippen LogP contribution in [-0.2, 0) is 6.54 Å². The molecule has 1 aliphatic heterocycles. The van der Waals surface area contributed by atoms with Crippen molar-refractivity contribution in [3.8, 4) is 0 Å².